The molecule has 1 unspecified atom stereocenters. The Morgan fingerprint density at radius 3 is 2.50 bits per heavy atom. The van der Waals surface area contributed by atoms with E-state index in [1.54, 1.807) is 0 Å². The number of hydrogen-bond donors (Lipinski definition) is 0. The molecule has 0 N–H and O–H groups in total. The fraction of sp³-hybridized carbons (Fsp3) is 0.500. The topological polar surface area (TPSA) is 78.9 Å². The van der Waals surface area contributed by atoms with E-state index in [4.69, 9.17) is 48.5 Å². The maximum atomic E-state index is 12.3. The zero-order valence-electron chi connectivity index (χ0n) is 12.6. The number of esters is 1. The van der Waals surface area contributed by atoms with Crippen molar-refractivity contribution in [1.82, 2.24) is 0 Å². The van der Waals surface area contributed by atoms with E-state index in [0.717, 1.165) is 12.8 Å². The van der Waals surface area contributed by atoms with E-state index in [1.165, 1.54) is 19.1 Å². The van der Waals surface area contributed by atoms with Crippen LogP contribution < -0.4 is 0 Å². The van der Waals surface area contributed by atoms with Crippen LogP contribution in [0.1, 0.15) is 19.8 Å². The standard InChI is InChI=1S/C14H15Cl3O6S/c1-8(14(18)22-7-10-3-2-4-21-10)23-24(19,20)13-11(16)5-9(15)6-12(13)17/h5-6,8,10H,2-4,7H2,1H3/t8?,10-/m0/s1. The summed E-state index contributed by atoms with van der Waals surface area (Å²) in [5, 5.41) is -0.229. The first-order valence-electron chi connectivity index (χ1n) is 7.07. The molecule has 2 atom stereocenters. The van der Waals surface area contributed by atoms with Gasteiger partial charge in [0.1, 0.15) is 11.5 Å². The number of carbonyl (C=O) groups is 1. The molecule has 2 rings (SSSR count). The second-order valence-electron chi connectivity index (χ2n) is 5.16. The molecule has 1 aliphatic rings. The summed E-state index contributed by atoms with van der Waals surface area (Å²) in [4.78, 5) is 11.4. The van der Waals surface area contributed by atoms with Gasteiger partial charge in [0.25, 0.3) is 0 Å². The Hall–Kier alpha value is -0.570. The van der Waals surface area contributed by atoms with Crippen molar-refractivity contribution in [2.24, 2.45) is 0 Å². The second-order valence-corrected chi connectivity index (χ2v) is 7.92. The lowest BCUT2D eigenvalue weighted by molar-refractivity contribution is -0.154. The van der Waals surface area contributed by atoms with Crippen molar-refractivity contribution < 1.29 is 26.9 Å². The van der Waals surface area contributed by atoms with E-state index >= 15 is 0 Å². The van der Waals surface area contributed by atoms with Gasteiger partial charge in [-0.05, 0) is 31.9 Å². The van der Waals surface area contributed by atoms with Crippen molar-refractivity contribution in [2.75, 3.05) is 13.2 Å². The smallest absolute Gasteiger partial charge is 0.336 e. The number of ether oxygens (including phenoxy) is 2. The molecule has 10 heteroatoms. The van der Waals surface area contributed by atoms with Gasteiger partial charge in [0.15, 0.2) is 6.10 Å². The highest BCUT2D eigenvalue weighted by Crippen LogP contribution is 2.34. The van der Waals surface area contributed by atoms with Crippen LogP contribution in [0.2, 0.25) is 15.1 Å². The van der Waals surface area contributed by atoms with E-state index in [9.17, 15) is 13.2 Å². The van der Waals surface area contributed by atoms with E-state index < -0.39 is 27.1 Å². The Morgan fingerprint density at radius 1 is 1.33 bits per heavy atom. The fourth-order valence-electron chi connectivity index (χ4n) is 2.11. The maximum Gasteiger partial charge on any atom is 0.336 e. The van der Waals surface area contributed by atoms with Gasteiger partial charge in [0.2, 0.25) is 0 Å². The van der Waals surface area contributed by atoms with E-state index in [1.807, 2.05) is 0 Å². The third kappa shape index (κ3) is 4.97. The number of hydrogen-bond acceptors (Lipinski definition) is 6. The van der Waals surface area contributed by atoms with E-state index in [2.05, 4.69) is 0 Å². The first kappa shape index (κ1) is 19.8. The van der Waals surface area contributed by atoms with Crippen LogP contribution in [0.3, 0.4) is 0 Å². The normalized spacial score (nSPS) is 19.2. The molecular weight excluding hydrogens is 403 g/mol. The highest BCUT2D eigenvalue weighted by Gasteiger charge is 2.30. The zero-order valence-corrected chi connectivity index (χ0v) is 15.7. The minimum absolute atomic E-state index is 0.0506. The van der Waals surface area contributed by atoms with Crippen LogP contribution in [0, 0.1) is 0 Å². The summed E-state index contributed by atoms with van der Waals surface area (Å²) in [6.45, 7) is 1.93. The highest BCUT2D eigenvalue weighted by molar-refractivity contribution is 7.87. The minimum Gasteiger partial charge on any atom is -0.461 e. The van der Waals surface area contributed by atoms with Gasteiger partial charge in [-0.2, -0.15) is 8.42 Å². The van der Waals surface area contributed by atoms with Gasteiger partial charge in [-0.3, -0.25) is 4.18 Å². The molecule has 0 saturated carbocycles. The molecule has 1 aromatic rings. The van der Waals surface area contributed by atoms with Gasteiger partial charge in [-0.25, -0.2) is 4.79 Å². The highest BCUT2D eigenvalue weighted by atomic mass is 35.5. The molecule has 0 aliphatic carbocycles. The van der Waals surface area contributed by atoms with Gasteiger partial charge < -0.3 is 9.47 Å². The van der Waals surface area contributed by atoms with Crippen molar-refractivity contribution in [2.45, 2.75) is 36.9 Å². The average molecular weight is 418 g/mol. The average Bonchev–Trinajstić information content (AvgIpc) is 2.95. The molecule has 1 fully saturated rings. The molecule has 0 radical (unpaired) electrons. The third-order valence-corrected chi connectivity index (χ3v) is 5.77. The lowest BCUT2D eigenvalue weighted by Gasteiger charge is -2.16. The molecular formula is C14H15Cl3O6S. The van der Waals surface area contributed by atoms with Gasteiger partial charge in [0.05, 0.1) is 16.1 Å². The first-order valence-corrected chi connectivity index (χ1v) is 9.61. The zero-order chi connectivity index (χ0) is 17.9. The summed E-state index contributed by atoms with van der Waals surface area (Å²) in [6, 6.07) is 2.43. The molecule has 0 spiro atoms. The summed E-state index contributed by atoms with van der Waals surface area (Å²) < 4.78 is 39.8. The third-order valence-electron chi connectivity index (χ3n) is 3.25. The Balaban J connectivity index is 2.04. The summed E-state index contributed by atoms with van der Waals surface area (Å²) in [5.74, 6) is -0.824. The van der Waals surface area contributed by atoms with E-state index in [0.29, 0.717) is 6.61 Å². The summed E-state index contributed by atoms with van der Waals surface area (Å²) in [5.41, 5.74) is 0. The van der Waals surface area contributed by atoms with Gasteiger partial charge in [-0.1, -0.05) is 34.8 Å². The van der Waals surface area contributed by atoms with Crippen LogP contribution in [0.4, 0.5) is 0 Å². The minimum atomic E-state index is -4.37. The Kier molecular flexibility index (Phi) is 6.75. The molecule has 0 bridgehead atoms. The molecule has 1 aliphatic heterocycles. The molecule has 0 aromatic heterocycles. The van der Waals surface area contributed by atoms with Crippen LogP contribution in [0.5, 0.6) is 0 Å². The molecule has 134 valence electrons. The molecule has 1 aromatic carbocycles. The summed E-state index contributed by atoms with van der Waals surface area (Å²) >= 11 is 17.5. The predicted octanol–water partition coefficient (Wildman–Crippen LogP) is 3.46. The van der Waals surface area contributed by atoms with Gasteiger partial charge in [0, 0.05) is 11.6 Å². The van der Waals surface area contributed by atoms with Crippen LogP contribution in [-0.4, -0.2) is 39.8 Å². The Labute approximate surface area is 155 Å². The molecule has 6 nitrogen and oxygen atoms in total. The summed E-state index contributed by atoms with van der Waals surface area (Å²) in [6.07, 6.45) is 0.157. The fourth-order valence-corrected chi connectivity index (χ4v) is 4.65. The second kappa shape index (κ2) is 8.21. The maximum absolute atomic E-state index is 12.3. The molecule has 24 heavy (non-hydrogen) atoms. The Bertz CT molecular complexity index is 692. The lowest BCUT2D eigenvalue weighted by Crippen LogP contribution is -2.29. The van der Waals surface area contributed by atoms with Gasteiger partial charge >= 0.3 is 16.1 Å². The molecule has 1 heterocycles. The number of benzene rings is 1. The van der Waals surface area contributed by atoms with Crippen LogP contribution in [0.25, 0.3) is 0 Å². The predicted molar refractivity (Wildman–Crippen MR) is 89.1 cm³/mol. The Morgan fingerprint density at radius 2 is 1.96 bits per heavy atom. The monoisotopic (exact) mass is 416 g/mol. The quantitative estimate of drug-likeness (QED) is 0.521. The lowest BCUT2D eigenvalue weighted by atomic mass is 10.2. The van der Waals surface area contributed by atoms with Crippen molar-refractivity contribution >= 4 is 50.9 Å². The van der Waals surface area contributed by atoms with Gasteiger partial charge in [-0.15, -0.1) is 0 Å². The van der Waals surface area contributed by atoms with Crippen molar-refractivity contribution in [3.8, 4) is 0 Å². The SMILES string of the molecule is CC(OS(=O)(=O)c1c(Cl)cc(Cl)cc1Cl)C(=O)OC[C@@H]1CCCO1. The number of halogens is 3. The van der Waals surface area contributed by atoms with Crippen LogP contribution in [-0.2, 0) is 28.6 Å². The van der Waals surface area contributed by atoms with Crippen molar-refractivity contribution in [3.05, 3.63) is 27.2 Å². The van der Waals surface area contributed by atoms with E-state index in [-0.39, 0.29) is 27.8 Å². The summed E-state index contributed by atoms with van der Waals surface area (Å²) in [7, 11) is -4.37. The van der Waals surface area contributed by atoms with Crippen molar-refractivity contribution in [3.63, 3.8) is 0 Å². The van der Waals surface area contributed by atoms with Crippen molar-refractivity contribution in [1.29, 1.82) is 0 Å². The molecule has 0 amide bonds. The molecule has 1 saturated heterocycles. The largest absolute Gasteiger partial charge is 0.461 e. The van der Waals surface area contributed by atoms with Crippen LogP contribution in [0.15, 0.2) is 17.0 Å². The number of carbonyl (C=O) groups excluding carboxylic acids is 1. The first-order chi connectivity index (χ1) is 11.2. The van der Waals surface area contributed by atoms with Crippen LogP contribution >= 0.6 is 34.8 Å². The number of rotatable bonds is 6.